The smallest absolute Gasteiger partial charge is 0.192 e. The molecule has 0 heterocycles. The first-order chi connectivity index (χ1) is 20.3. The number of hydrogen-bond acceptors (Lipinski definition) is 8. The third-order valence-corrected chi connectivity index (χ3v) is 12.2. The maximum atomic E-state index is 6.08. The highest BCUT2D eigenvalue weighted by Crippen LogP contribution is 2.36. The molecule has 0 aromatic heterocycles. The van der Waals surface area contributed by atoms with E-state index in [0.717, 1.165) is 13.0 Å². The molecule has 0 fully saturated rings. The maximum absolute atomic E-state index is 6.08. The summed E-state index contributed by atoms with van der Waals surface area (Å²) in [6.45, 7) is 22.5. The van der Waals surface area contributed by atoms with E-state index < -0.39 is 8.32 Å². The Kier molecular flexibility index (Phi) is 30.8. The molecule has 0 aromatic carbocycles. The van der Waals surface area contributed by atoms with Crippen molar-refractivity contribution in [1.29, 1.82) is 0 Å². The van der Waals surface area contributed by atoms with Gasteiger partial charge in [-0.3, -0.25) is 0 Å². The predicted molar refractivity (Wildman–Crippen MR) is 175 cm³/mol. The summed E-state index contributed by atoms with van der Waals surface area (Å²) in [6, 6.07) is 0. The van der Waals surface area contributed by atoms with Gasteiger partial charge < -0.3 is 37.6 Å². The zero-order chi connectivity index (χ0) is 31.0. The minimum atomic E-state index is -1.68. The van der Waals surface area contributed by atoms with Crippen molar-refractivity contribution >= 4 is 8.32 Å². The van der Waals surface area contributed by atoms with Gasteiger partial charge in [-0.05, 0) is 24.6 Å². The third-order valence-electron chi connectivity index (χ3n) is 7.62. The number of ether oxygens (including phenoxy) is 7. The van der Waals surface area contributed by atoms with E-state index in [-0.39, 0.29) is 5.04 Å². The molecule has 0 aliphatic heterocycles. The van der Waals surface area contributed by atoms with Crippen LogP contribution in [0.5, 0.6) is 0 Å². The highest BCUT2D eigenvalue weighted by atomic mass is 28.4. The largest absolute Gasteiger partial charge is 0.414 e. The van der Waals surface area contributed by atoms with Crippen LogP contribution in [0, 0.1) is 0 Å². The molecule has 0 bridgehead atoms. The van der Waals surface area contributed by atoms with Gasteiger partial charge in [-0.1, -0.05) is 91.9 Å². The van der Waals surface area contributed by atoms with Crippen molar-refractivity contribution in [3.8, 4) is 0 Å². The van der Waals surface area contributed by atoms with Gasteiger partial charge in [0.25, 0.3) is 0 Å². The van der Waals surface area contributed by atoms with Gasteiger partial charge in [0.15, 0.2) is 8.32 Å². The Labute approximate surface area is 261 Å². The lowest BCUT2D eigenvalue weighted by Crippen LogP contribution is -2.41. The molecule has 0 aliphatic carbocycles. The van der Waals surface area contributed by atoms with Crippen molar-refractivity contribution in [3.05, 3.63) is 0 Å². The number of hydrogen-bond donors (Lipinski definition) is 0. The van der Waals surface area contributed by atoms with Crippen molar-refractivity contribution in [1.82, 2.24) is 0 Å². The highest BCUT2D eigenvalue weighted by molar-refractivity contribution is 6.74. The maximum Gasteiger partial charge on any atom is 0.192 e. The molecule has 0 rings (SSSR count). The average Bonchev–Trinajstić information content (AvgIpc) is 2.95. The Bertz CT molecular complexity index is 531. The van der Waals surface area contributed by atoms with Gasteiger partial charge in [-0.2, -0.15) is 0 Å². The molecule has 0 spiro atoms. The fraction of sp³-hybridized carbons (Fsp3) is 1.00. The third kappa shape index (κ3) is 29.9. The molecule has 42 heavy (non-hydrogen) atoms. The number of unbranched alkanes of at least 4 members (excludes halogenated alkanes) is 10. The molecule has 0 amide bonds. The van der Waals surface area contributed by atoms with Crippen LogP contribution in [0.15, 0.2) is 0 Å². The molecule has 0 radical (unpaired) electrons. The molecule has 0 saturated carbocycles. The van der Waals surface area contributed by atoms with Crippen molar-refractivity contribution in [2.24, 2.45) is 0 Å². The van der Waals surface area contributed by atoms with Gasteiger partial charge in [0.1, 0.15) is 0 Å². The zero-order valence-electron chi connectivity index (χ0n) is 28.7. The van der Waals surface area contributed by atoms with E-state index in [1.807, 2.05) is 0 Å². The van der Waals surface area contributed by atoms with Crippen LogP contribution in [0.4, 0.5) is 0 Å². The van der Waals surface area contributed by atoms with E-state index in [1.54, 1.807) is 0 Å². The first kappa shape index (κ1) is 41.9. The van der Waals surface area contributed by atoms with Crippen LogP contribution in [0.3, 0.4) is 0 Å². The molecule has 0 aromatic rings. The predicted octanol–water partition coefficient (Wildman–Crippen LogP) is 7.44. The summed E-state index contributed by atoms with van der Waals surface area (Å²) in [6.07, 6.45) is 14.9. The summed E-state index contributed by atoms with van der Waals surface area (Å²) in [5.74, 6) is 0. The molecule has 0 unspecified atom stereocenters. The molecule has 254 valence electrons. The van der Waals surface area contributed by atoms with Crippen LogP contribution in [0.25, 0.3) is 0 Å². The second-order valence-corrected chi connectivity index (χ2v) is 17.2. The standard InChI is InChI=1S/C33H70O8Si/c1-7-8-9-10-11-12-13-14-15-16-17-18-34-19-20-35-21-22-36-23-24-37-25-26-38-27-28-39-29-30-40-31-32-41-42(5,6)33(2,3)4/h7-32H2,1-6H3. The molecular formula is C33H70O8Si. The van der Waals surface area contributed by atoms with E-state index in [9.17, 15) is 0 Å². The summed E-state index contributed by atoms with van der Waals surface area (Å²) >= 11 is 0. The van der Waals surface area contributed by atoms with Crippen molar-refractivity contribution in [3.63, 3.8) is 0 Å². The Morgan fingerprint density at radius 1 is 0.357 bits per heavy atom. The lowest BCUT2D eigenvalue weighted by molar-refractivity contribution is -0.0214. The first-order valence-corrected chi connectivity index (χ1v) is 19.9. The molecule has 8 nitrogen and oxygen atoms in total. The Balaban J connectivity index is 3.12. The number of rotatable bonds is 34. The van der Waals surface area contributed by atoms with E-state index >= 15 is 0 Å². The first-order valence-electron chi connectivity index (χ1n) is 17.0. The van der Waals surface area contributed by atoms with Crippen LogP contribution in [0.1, 0.15) is 98.3 Å². The molecule has 9 heteroatoms. The lowest BCUT2D eigenvalue weighted by atomic mass is 10.1. The molecule has 0 aliphatic rings. The van der Waals surface area contributed by atoms with Gasteiger partial charge in [0.05, 0.1) is 92.5 Å². The zero-order valence-corrected chi connectivity index (χ0v) is 29.7. The van der Waals surface area contributed by atoms with Gasteiger partial charge in [0.2, 0.25) is 0 Å². The molecule has 0 N–H and O–H groups in total. The van der Waals surface area contributed by atoms with Gasteiger partial charge >= 0.3 is 0 Å². The summed E-state index contributed by atoms with van der Waals surface area (Å²) < 4.78 is 45.0. The molecule has 0 atom stereocenters. The Morgan fingerprint density at radius 3 is 0.929 bits per heavy atom. The van der Waals surface area contributed by atoms with Crippen LogP contribution in [-0.4, -0.2) is 107 Å². The van der Waals surface area contributed by atoms with Crippen molar-refractivity contribution < 1.29 is 37.6 Å². The summed E-state index contributed by atoms with van der Waals surface area (Å²) in [4.78, 5) is 0. The van der Waals surface area contributed by atoms with E-state index in [4.69, 9.17) is 37.6 Å². The van der Waals surface area contributed by atoms with Crippen molar-refractivity contribution in [2.45, 2.75) is 116 Å². The fourth-order valence-corrected chi connectivity index (χ4v) is 4.89. The minimum absolute atomic E-state index is 0.228. The van der Waals surface area contributed by atoms with Crippen LogP contribution < -0.4 is 0 Å². The second-order valence-electron chi connectivity index (χ2n) is 12.4. The SMILES string of the molecule is CCCCCCCCCCCCCOCCOCCOCCOCCOCCOCCOCCO[Si](C)(C)C(C)(C)C. The average molecular weight is 623 g/mol. The summed E-state index contributed by atoms with van der Waals surface area (Å²) in [7, 11) is -1.68. The van der Waals surface area contributed by atoms with E-state index in [1.165, 1.54) is 64.2 Å². The topological polar surface area (TPSA) is 73.8 Å². The van der Waals surface area contributed by atoms with Crippen LogP contribution >= 0.6 is 0 Å². The Morgan fingerprint density at radius 2 is 0.619 bits per heavy atom. The minimum Gasteiger partial charge on any atom is -0.414 e. The van der Waals surface area contributed by atoms with Crippen LogP contribution in [0.2, 0.25) is 18.1 Å². The Hall–Kier alpha value is -0.103. The second kappa shape index (κ2) is 30.9. The molecule has 0 saturated heterocycles. The lowest BCUT2D eigenvalue weighted by Gasteiger charge is -2.36. The van der Waals surface area contributed by atoms with Gasteiger partial charge in [-0.25, -0.2) is 0 Å². The van der Waals surface area contributed by atoms with E-state index in [2.05, 4.69) is 40.8 Å². The van der Waals surface area contributed by atoms with Crippen molar-refractivity contribution in [2.75, 3.05) is 99.1 Å². The molecular weight excluding hydrogens is 552 g/mol. The highest BCUT2D eigenvalue weighted by Gasteiger charge is 2.36. The fourth-order valence-electron chi connectivity index (χ4n) is 3.86. The van der Waals surface area contributed by atoms with Gasteiger partial charge in [0, 0.05) is 6.61 Å². The monoisotopic (exact) mass is 622 g/mol. The summed E-state index contributed by atoms with van der Waals surface area (Å²) in [5, 5.41) is 0.228. The van der Waals surface area contributed by atoms with Crippen LogP contribution in [-0.2, 0) is 37.6 Å². The quantitative estimate of drug-likeness (QED) is 0.0542. The van der Waals surface area contributed by atoms with Gasteiger partial charge in [-0.15, -0.1) is 0 Å². The van der Waals surface area contributed by atoms with E-state index in [0.29, 0.717) is 92.5 Å². The normalized spacial score (nSPS) is 12.4. The summed E-state index contributed by atoms with van der Waals surface area (Å²) in [5.41, 5.74) is 0.